The van der Waals surface area contributed by atoms with E-state index in [9.17, 15) is 9.59 Å². The maximum atomic E-state index is 12.2. The molecular formula is C20H29N3O2. The molecular weight excluding hydrogens is 314 g/mol. The fraction of sp³-hybridized carbons (Fsp3) is 0.600. The van der Waals surface area contributed by atoms with Gasteiger partial charge in [-0.1, -0.05) is 30.7 Å². The van der Waals surface area contributed by atoms with Crippen molar-refractivity contribution in [2.45, 2.75) is 51.0 Å². The Balaban J connectivity index is 1.39. The molecule has 1 heterocycles. The molecule has 1 aromatic rings. The summed E-state index contributed by atoms with van der Waals surface area (Å²) in [4.78, 5) is 26.5. The summed E-state index contributed by atoms with van der Waals surface area (Å²) < 4.78 is 0. The fourth-order valence-corrected chi connectivity index (χ4v) is 3.86. The van der Waals surface area contributed by atoms with Crippen molar-refractivity contribution >= 4 is 11.8 Å². The molecule has 1 aliphatic carbocycles. The lowest BCUT2D eigenvalue weighted by atomic mass is 9.88. The lowest BCUT2D eigenvalue weighted by molar-refractivity contribution is -0.126. The molecule has 136 valence electrons. The highest BCUT2D eigenvalue weighted by molar-refractivity contribution is 5.85. The van der Waals surface area contributed by atoms with Crippen LogP contribution in [0, 0.1) is 0 Å². The predicted molar refractivity (Wildman–Crippen MR) is 98.2 cm³/mol. The normalized spacial score (nSPS) is 20.6. The molecule has 3 rings (SSSR count). The highest BCUT2D eigenvalue weighted by atomic mass is 16.2. The number of aryl methyl sites for hydroxylation is 1. The van der Waals surface area contributed by atoms with E-state index in [1.807, 2.05) is 12.1 Å². The van der Waals surface area contributed by atoms with E-state index in [0.717, 1.165) is 38.9 Å². The summed E-state index contributed by atoms with van der Waals surface area (Å²) >= 11 is 0. The quantitative estimate of drug-likeness (QED) is 0.832. The molecule has 2 N–H and O–H groups in total. The Hall–Kier alpha value is -1.88. The van der Waals surface area contributed by atoms with Gasteiger partial charge < -0.3 is 15.5 Å². The number of likely N-dealkylation sites (tertiary alicyclic amines) is 1. The van der Waals surface area contributed by atoms with Crippen molar-refractivity contribution in [1.29, 1.82) is 0 Å². The highest BCUT2D eigenvalue weighted by Gasteiger charge is 2.21. The van der Waals surface area contributed by atoms with E-state index in [1.54, 1.807) is 0 Å². The van der Waals surface area contributed by atoms with E-state index in [0.29, 0.717) is 6.42 Å². The molecule has 1 fully saturated rings. The van der Waals surface area contributed by atoms with Crippen molar-refractivity contribution in [2.75, 3.05) is 26.2 Å². The third kappa shape index (κ3) is 5.30. The zero-order chi connectivity index (χ0) is 17.5. The predicted octanol–water partition coefficient (Wildman–Crippen LogP) is 2.17. The zero-order valence-corrected chi connectivity index (χ0v) is 14.9. The molecule has 0 spiro atoms. The maximum Gasteiger partial charge on any atom is 0.239 e. The number of fused-ring (bicyclic) bond motifs is 1. The Morgan fingerprint density at radius 3 is 2.68 bits per heavy atom. The number of carbonyl (C=O) groups is 2. The summed E-state index contributed by atoms with van der Waals surface area (Å²) in [5.41, 5.74) is 2.54. The van der Waals surface area contributed by atoms with Gasteiger partial charge in [0.25, 0.3) is 0 Å². The van der Waals surface area contributed by atoms with Crippen molar-refractivity contribution < 1.29 is 9.59 Å². The van der Waals surface area contributed by atoms with Crippen molar-refractivity contribution in [3.8, 4) is 0 Å². The number of hydrogen-bond acceptors (Lipinski definition) is 3. The number of nitrogens with zero attached hydrogens (tertiary/aromatic N) is 1. The van der Waals surface area contributed by atoms with Gasteiger partial charge in [0.05, 0.1) is 12.6 Å². The van der Waals surface area contributed by atoms with Crippen molar-refractivity contribution in [2.24, 2.45) is 0 Å². The van der Waals surface area contributed by atoms with Crippen LogP contribution in [0.3, 0.4) is 0 Å². The van der Waals surface area contributed by atoms with E-state index in [4.69, 9.17) is 0 Å². The Morgan fingerprint density at radius 2 is 1.84 bits per heavy atom. The summed E-state index contributed by atoms with van der Waals surface area (Å²) in [6, 6.07) is 8.37. The van der Waals surface area contributed by atoms with Crippen molar-refractivity contribution in [3.63, 3.8) is 0 Å². The van der Waals surface area contributed by atoms with Crippen molar-refractivity contribution in [3.05, 3.63) is 35.4 Å². The fourth-order valence-electron chi connectivity index (χ4n) is 3.86. The molecule has 2 amide bonds. The number of piperidine rings is 1. The summed E-state index contributed by atoms with van der Waals surface area (Å²) in [6.45, 7) is 3.05. The number of rotatable bonds is 6. The lowest BCUT2D eigenvalue weighted by Crippen LogP contribution is -2.40. The molecule has 0 aromatic heterocycles. The third-order valence-corrected chi connectivity index (χ3v) is 5.25. The maximum absolute atomic E-state index is 12.2. The Kier molecular flexibility index (Phi) is 6.45. The largest absolute Gasteiger partial charge is 0.348 e. The van der Waals surface area contributed by atoms with Gasteiger partial charge in [-0.2, -0.15) is 0 Å². The van der Waals surface area contributed by atoms with Gasteiger partial charge in [-0.25, -0.2) is 0 Å². The van der Waals surface area contributed by atoms with Crippen LogP contribution in [0.2, 0.25) is 0 Å². The first-order chi connectivity index (χ1) is 12.2. The third-order valence-electron chi connectivity index (χ3n) is 5.25. The molecule has 1 atom stereocenters. The average Bonchev–Trinajstić information content (AvgIpc) is 2.66. The molecule has 0 radical (unpaired) electrons. The van der Waals surface area contributed by atoms with Gasteiger partial charge >= 0.3 is 0 Å². The number of hydrogen-bond donors (Lipinski definition) is 2. The first kappa shape index (κ1) is 17.9. The van der Waals surface area contributed by atoms with Gasteiger partial charge in [0.1, 0.15) is 0 Å². The summed E-state index contributed by atoms with van der Waals surface area (Å²) in [6.07, 6.45) is 7.36. The van der Waals surface area contributed by atoms with Crippen LogP contribution in [0.1, 0.15) is 55.7 Å². The van der Waals surface area contributed by atoms with Gasteiger partial charge in [0.15, 0.2) is 0 Å². The van der Waals surface area contributed by atoms with Gasteiger partial charge in [0.2, 0.25) is 11.8 Å². The Bertz CT molecular complexity index is 596. The van der Waals surface area contributed by atoms with Crippen LogP contribution in [0.25, 0.3) is 0 Å². The van der Waals surface area contributed by atoms with Gasteiger partial charge in [0, 0.05) is 13.0 Å². The van der Waals surface area contributed by atoms with Crippen LogP contribution in [0.15, 0.2) is 24.3 Å². The molecule has 0 saturated carbocycles. The molecule has 25 heavy (non-hydrogen) atoms. The number of amides is 2. The van der Waals surface area contributed by atoms with Gasteiger partial charge in [-0.15, -0.1) is 0 Å². The standard InChI is InChI=1S/C20H29N3O2/c24-19(11-14-23-12-4-1-5-13-23)21-15-20(25)22-18-10-6-8-16-7-2-3-9-17(16)18/h2-3,7,9,18H,1,4-6,8,10-15H2,(H,21,24)(H,22,25). The molecule has 1 aliphatic heterocycles. The average molecular weight is 343 g/mol. The highest BCUT2D eigenvalue weighted by Crippen LogP contribution is 2.29. The molecule has 5 heteroatoms. The molecule has 5 nitrogen and oxygen atoms in total. The number of carbonyl (C=O) groups excluding carboxylic acids is 2. The van der Waals surface area contributed by atoms with Crippen LogP contribution < -0.4 is 10.6 Å². The molecule has 1 unspecified atom stereocenters. The van der Waals surface area contributed by atoms with E-state index < -0.39 is 0 Å². The lowest BCUT2D eigenvalue weighted by Gasteiger charge is -2.26. The molecule has 0 bridgehead atoms. The van der Waals surface area contributed by atoms with Gasteiger partial charge in [-0.05, 0) is 56.3 Å². The second kappa shape index (κ2) is 8.99. The van der Waals surface area contributed by atoms with Crippen LogP contribution in [0.4, 0.5) is 0 Å². The SMILES string of the molecule is O=C(CCN1CCCCC1)NCC(=O)NC1CCCc2ccccc21. The first-order valence-corrected chi connectivity index (χ1v) is 9.58. The summed E-state index contributed by atoms with van der Waals surface area (Å²) in [5.74, 6) is -0.141. The molecule has 2 aliphatic rings. The second-order valence-corrected chi connectivity index (χ2v) is 7.14. The smallest absolute Gasteiger partial charge is 0.239 e. The van der Waals surface area contributed by atoms with Crippen LogP contribution in [-0.2, 0) is 16.0 Å². The van der Waals surface area contributed by atoms with E-state index >= 15 is 0 Å². The second-order valence-electron chi connectivity index (χ2n) is 7.14. The summed E-state index contributed by atoms with van der Waals surface area (Å²) in [7, 11) is 0. The first-order valence-electron chi connectivity index (χ1n) is 9.58. The molecule has 1 aromatic carbocycles. The van der Waals surface area contributed by atoms with Gasteiger partial charge in [-0.3, -0.25) is 9.59 Å². The Morgan fingerprint density at radius 1 is 1.04 bits per heavy atom. The minimum absolute atomic E-state index is 0.0373. The van der Waals surface area contributed by atoms with Crippen LogP contribution >= 0.6 is 0 Å². The minimum atomic E-state index is -0.104. The minimum Gasteiger partial charge on any atom is -0.348 e. The van der Waals surface area contributed by atoms with Crippen molar-refractivity contribution in [1.82, 2.24) is 15.5 Å². The molecule has 1 saturated heterocycles. The number of nitrogens with one attached hydrogen (secondary N) is 2. The zero-order valence-electron chi connectivity index (χ0n) is 14.9. The van der Waals surface area contributed by atoms with E-state index in [-0.39, 0.29) is 24.4 Å². The Labute approximate surface area is 150 Å². The summed E-state index contributed by atoms with van der Waals surface area (Å²) in [5, 5.41) is 5.83. The van der Waals surface area contributed by atoms with Crippen LogP contribution in [-0.4, -0.2) is 42.9 Å². The number of benzene rings is 1. The topological polar surface area (TPSA) is 61.4 Å². The van der Waals surface area contributed by atoms with Crippen LogP contribution in [0.5, 0.6) is 0 Å². The van der Waals surface area contributed by atoms with E-state index in [1.165, 1.54) is 30.4 Å². The monoisotopic (exact) mass is 343 g/mol. The van der Waals surface area contributed by atoms with E-state index in [2.05, 4.69) is 27.7 Å².